The third-order valence-electron chi connectivity index (χ3n) is 6.45. The number of H-pyrrole nitrogens is 2. The molecule has 11 heteroatoms. The molecule has 6 rings (SSSR count). The number of benzene rings is 1. The van der Waals surface area contributed by atoms with Gasteiger partial charge < -0.3 is 15.2 Å². The molecule has 0 bridgehead atoms. The molecule has 1 aliphatic carbocycles. The molecular formula is C22H21F2N9. The van der Waals surface area contributed by atoms with E-state index in [1.807, 2.05) is 12.4 Å². The summed E-state index contributed by atoms with van der Waals surface area (Å²) in [5.74, 6) is 3.80. The van der Waals surface area contributed by atoms with E-state index in [1.165, 1.54) is 12.1 Å². The molecule has 2 fully saturated rings. The van der Waals surface area contributed by atoms with E-state index in [0.717, 1.165) is 30.2 Å². The maximum absolute atomic E-state index is 12.7. The van der Waals surface area contributed by atoms with Crippen LogP contribution in [-0.2, 0) is 6.54 Å². The fourth-order valence-corrected chi connectivity index (χ4v) is 4.67. The number of piperidine rings is 1. The lowest BCUT2D eigenvalue weighted by atomic mass is 10.1. The van der Waals surface area contributed by atoms with Crippen LogP contribution in [0.2, 0.25) is 0 Å². The highest BCUT2D eigenvalue weighted by Gasteiger charge is 2.57. The number of hydrogen-bond acceptors (Lipinski definition) is 7. The van der Waals surface area contributed by atoms with Crippen molar-refractivity contribution in [3.05, 3.63) is 65.7 Å². The Morgan fingerprint density at radius 3 is 2.61 bits per heavy atom. The minimum Gasteiger partial charge on any atom is -0.356 e. The highest BCUT2D eigenvalue weighted by atomic mass is 19.3. The molecule has 3 aromatic heterocycles. The van der Waals surface area contributed by atoms with Gasteiger partial charge in [0, 0.05) is 37.3 Å². The first kappa shape index (κ1) is 19.8. The van der Waals surface area contributed by atoms with Crippen molar-refractivity contribution in [2.45, 2.75) is 18.9 Å². The Kier molecular flexibility index (Phi) is 4.74. The first-order valence-electron chi connectivity index (χ1n) is 10.8. The third kappa shape index (κ3) is 3.79. The van der Waals surface area contributed by atoms with Gasteiger partial charge in [0.15, 0.2) is 5.82 Å². The number of rotatable bonds is 7. The second-order valence-corrected chi connectivity index (χ2v) is 8.43. The summed E-state index contributed by atoms with van der Waals surface area (Å²) in [5.41, 5.74) is 2.61. The Morgan fingerprint density at radius 1 is 1.06 bits per heavy atom. The lowest BCUT2D eigenvalue weighted by Gasteiger charge is -2.19. The Hall–Kier alpha value is -3.89. The summed E-state index contributed by atoms with van der Waals surface area (Å²) in [7, 11) is 0. The maximum Gasteiger partial charge on any atom is 0.263 e. The highest BCUT2D eigenvalue weighted by molar-refractivity contribution is 5.56. The van der Waals surface area contributed by atoms with Crippen LogP contribution in [0, 0.1) is 11.8 Å². The molecule has 1 aromatic carbocycles. The third-order valence-corrected chi connectivity index (χ3v) is 6.45. The van der Waals surface area contributed by atoms with Gasteiger partial charge in [-0.3, -0.25) is 0 Å². The van der Waals surface area contributed by atoms with Crippen LogP contribution in [0.1, 0.15) is 29.2 Å². The van der Waals surface area contributed by atoms with Crippen LogP contribution in [0.3, 0.4) is 0 Å². The van der Waals surface area contributed by atoms with Crippen molar-refractivity contribution in [3.8, 4) is 11.5 Å². The number of imidazole rings is 1. The lowest BCUT2D eigenvalue weighted by Crippen LogP contribution is -2.23. The zero-order valence-electron chi connectivity index (χ0n) is 17.5. The zero-order chi connectivity index (χ0) is 22.4. The van der Waals surface area contributed by atoms with E-state index in [4.69, 9.17) is 0 Å². The Bertz CT molecular complexity index is 1230. The molecule has 33 heavy (non-hydrogen) atoms. The van der Waals surface area contributed by atoms with Crippen molar-refractivity contribution in [3.63, 3.8) is 0 Å². The molecule has 0 radical (unpaired) electrons. The molecule has 2 atom stereocenters. The Morgan fingerprint density at radius 2 is 1.88 bits per heavy atom. The van der Waals surface area contributed by atoms with Crippen molar-refractivity contribution in [2.24, 2.45) is 11.8 Å². The predicted octanol–water partition coefficient (Wildman–Crippen LogP) is 3.38. The van der Waals surface area contributed by atoms with Gasteiger partial charge in [-0.25, -0.2) is 23.7 Å². The van der Waals surface area contributed by atoms with Crippen molar-refractivity contribution in [1.82, 2.24) is 35.3 Å². The van der Waals surface area contributed by atoms with Gasteiger partial charge in [0.25, 0.3) is 6.43 Å². The van der Waals surface area contributed by atoms with Gasteiger partial charge in [-0.05, 0) is 23.5 Å². The van der Waals surface area contributed by atoms with E-state index >= 15 is 0 Å². The number of halogens is 2. The van der Waals surface area contributed by atoms with Crippen LogP contribution in [-0.4, -0.2) is 48.4 Å². The normalized spacial score (nSPS) is 21.4. The fourth-order valence-electron chi connectivity index (χ4n) is 4.67. The number of aromatic nitrogens is 7. The van der Waals surface area contributed by atoms with E-state index < -0.39 is 6.43 Å². The summed E-state index contributed by atoms with van der Waals surface area (Å²) >= 11 is 0. The van der Waals surface area contributed by atoms with Gasteiger partial charge in [0.2, 0.25) is 5.95 Å². The van der Waals surface area contributed by atoms with E-state index in [2.05, 4.69) is 45.6 Å². The molecule has 2 unspecified atom stereocenters. The van der Waals surface area contributed by atoms with Gasteiger partial charge in [-0.1, -0.05) is 24.3 Å². The minimum absolute atomic E-state index is 0.00888. The van der Waals surface area contributed by atoms with Crippen molar-refractivity contribution >= 4 is 11.8 Å². The van der Waals surface area contributed by atoms with Crippen molar-refractivity contribution < 1.29 is 8.78 Å². The smallest absolute Gasteiger partial charge is 0.263 e. The first-order chi connectivity index (χ1) is 16.2. The molecule has 4 heterocycles. The number of alkyl halides is 2. The molecule has 4 aromatic rings. The van der Waals surface area contributed by atoms with E-state index in [-0.39, 0.29) is 5.56 Å². The Balaban J connectivity index is 1.09. The van der Waals surface area contributed by atoms with Crippen LogP contribution in [0.25, 0.3) is 11.5 Å². The average Bonchev–Trinajstić information content (AvgIpc) is 3.38. The number of nitrogens with zero attached hydrogens (tertiary/aromatic N) is 6. The quantitative estimate of drug-likeness (QED) is 0.397. The van der Waals surface area contributed by atoms with Gasteiger partial charge in [-0.15, -0.1) is 0 Å². The second-order valence-electron chi connectivity index (χ2n) is 8.43. The van der Waals surface area contributed by atoms with Gasteiger partial charge >= 0.3 is 0 Å². The Labute approximate surface area is 187 Å². The highest BCUT2D eigenvalue weighted by Crippen LogP contribution is 2.57. The van der Waals surface area contributed by atoms with E-state index in [1.54, 1.807) is 24.4 Å². The number of nitrogens with one attached hydrogen (secondary N) is 3. The topological polar surface area (TPSA) is 111 Å². The second kappa shape index (κ2) is 7.91. The molecule has 0 amide bonds. The first-order valence-corrected chi connectivity index (χ1v) is 10.8. The van der Waals surface area contributed by atoms with Crippen LogP contribution >= 0.6 is 0 Å². The van der Waals surface area contributed by atoms with Crippen LogP contribution < -0.4 is 10.2 Å². The summed E-state index contributed by atoms with van der Waals surface area (Å²) < 4.78 is 25.4. The van der Waals surface area contributed by atoms with Crippen molar-refractivity contribution in [2.75, 3.05) is 23.3 Å². The number of anilines is 2. The molecule has 1 saturated carbocycles. The molecule has 9 nitrogen and oxygen atoms in total. The van der Waals surface area contributed by atoms with Crippen LogP contribution in [0.4, 0.5) is 20.5 Å². The summed E-state index contributed by atoms with van der Waals surface area (Å²) in [4.78, 5) is 19.0. The van der Waals surface area contributed by atoms with Gasteiger partial charge in [0.05, 0.1) is 18.1 Å². The predicted molar refractivity (Wildman–Crippen MR) is 117 cm³/mol. The summed E-state index contributed by atoms with van der Waals surface area (Å²) in [6.07, 6.45) is 2.86. The van der Waals surface area contributed by atoms with Crippen molar-refractivity contribution in [1.29, 1.82) is 0 Å². The molecular weight excluding hydrogens is 428 g/mol. The summed E-state index contributed by atoms with van der Waals surface area (Å²) in [6.45, 7) is 2.36. The maximum atomic E-state index is 12.7. The fraction of sp³-hybridized carbons (Fsp3) is 0.318. The molecule has 1 aliphatic heterocycles. The number of hydrogen-bond donors (Lipinski definition) is 3. The van der Waals surface area contributed by atoms with Crippen LogP contribution in [0.5, 0.6) is 0 Å². The zero-order valence-corrected chi connectivity index (χ0v) is 17.5. The van der Waals surface area contributed by atoms with Gasteiger partial charge in [0.1, 0.15) is 11.5 Å². The average molecular weight is 449 g/mol. The largest absolute Gasteiger partial charge is 0.356 e. The molecule has 3 N–H and O–H groups in total. The van der Waals surface area contributed by atoms with Gasteiger partial charge in [-0.2, -0.15) is 15.4 Å². The molecule has 2 aliphatic rings. The van der Waals surface area contributed by atoms with Crippen LogP contribution in [0.15, 0.2) is 48.9 Å². The van der Waals surface area contributed by atoms with E-state index in [9.17, 15) is 8.78 Å². The standard InChI is InChI=1S/C22H21F2N9/c23-20(24)13-3-1-12(2-4-13)7-27-22-25-6-5-16(29-22)21-26-9-18(30-21)33-10-14-15(11-33)19(14)17-8-28-32-31-17/h1-6,8-9,14-15,19-20H,7,10-11H2,(H,26,30)(H,25,27,29)(H,28,31,32). The minimum atomic E-state index is -2.47. The monoisotopic (exact) mass is 449 g/mol. The number of fused-ring (bicyclic) bond motifs is 1. The SMILES string of the molecule is FC(F)c1ccc(CNc2nccc(-c3ncc(N4CC5C(C4)C5c4cn[nH]n4)[nH]3)n2)cc1. The molecule has 0 spiro atoms. The molecule has 168 valence electrons. The molecule has 1 saturated heterocycles. The summed E-state index contributed by atoms with van der Waals surface area (Å²) in [6, 6.07) is 8.00. The summed E-state index contributed by atoms with van der Waals surface area (Å²) in [5, 5.41) is 14.0. The lowest BCUT2D eigenvalue weighted by molar-refractivity contribution is 0.151. The van der Waals surface area contributed by atoms with E-state index in [0.29, 0.717) is 41.8 Å². The number of aromatic amines is 2.